The van der Waals surface area contributed by atoms with Gasteiger partial charge in [0.15, 0.2) is 5.78 Å². The normalized spacial score (nSPS) is 26.5. The zero-order valence-electron chi connectivity index (χ0n) is 9.86. The number of carbonyl (C=O) groups excluding carboxylic acids is 1. The third-order valence-corrected chi connectivity index (χ3v) is 4.61. The second kappa shape index (κ2) is 3.09. The van der Waals surface area contributed by atoms with Crippen molar-refractivity contribution in [2.75, 3.05) is 11.9 Å². The molecule has 0 N–H and O–H groups in total. The van der Waals surface area contributed by atoms with Crippen molar-refractivity contribution in [3.05, 3.63) is 29.8 Å². The summed E-state index contributed by atoms with van der Waals surface area (Å²) in [4.78, 5) is 14.8. The van der Waals surface area contributed by atoms with Gasteiger partial charge in [-0.2, -0.15) is 0 Å². The van der Waals surface area contributed by atoms with E-state index >= 15 is 0 Å². The third-order valence-electron chi connectivity index (χ3n) is 4.61. The number of rotatable bonds is 0. The molecule has 1 aliphatic heterocycles. The van der Waals surface area contributed by atoms with Crippen LogP contribution in [-0.2, 0) is 0 Å². The first kappa shape index (κ1) is 9.88. The number of nitrogens with zero attached hydrogens (tertiary/aromatic N) is 1. The standard InChI is InChI=1S/C14H17NO/c1-10-14(8-5-9-14)13(16)11-6-3-4-7-12(11)15(10)2/h3-4,6-7,10H,5,8-9H2,1-2H3. The molecule has 1 aromatic carbocycles. The second-order valence-corrected chi connectivity index (χ2v) is 5.14. The Morgan fingerprint density at radius 1 is 1.31 bits per heavy atom. The molecule has 0 amide bonds. The molecule has 0 radical (unpaired) electrons. The van der Waals surface area contributed by atoms with E-state index in [1.54, 1.807) is 0 Å². The first-order chi connectivity index (χ1) is 7.67. The Morgan fingerprint density at radius 2 is 2.00 bits per heavy atom. The summed E-state index contributed by atoms with van der Waals surface area (Å²) in [6.45, 7) is 2.19. The van der Waals surface area contributed by atoms with Gasteiger partial charge in [-0.3, -0.25) is 4.79 Å². The van der Waals surface area contributed by atoms with Crippen LogP contribution in [0.3, 0.4) is 0 Å². The predicted octanol–water partition coefficient (Wildman–Crippen LogP) is 2.88. The molecular formula is C14H17NO. The number of fused-ring (bicyclic) bond motifs is 1. The number of ketones is 1. The topological polar surface area (TPSA) is 20.3 Å². The molecule has 2 aliphatic rings. The minimum atomic E-state index is -0.0803. The van der Waals surface area contributed by atoms with Crippen LogP contribution in [0.5, 0.6) is 0 Å². The van der Waals surface area contributed by atoms with Gasteiger partial charge in [-0.05, 0) is 31.9 Å². The molecule has 1 heterocycles. The molecule has 0 bridgehead atoms. The van der Waals surface area contributed by atoms with Crippen LogP contribution in [0.25, 0.3) is 0 Å². The Kier molecular flexibility index (Phi) is 1.91. The van der Waals surface area contributed by atoms with Crippen LogP contribution in [0.4, 0.5) is 5.69 Å². The van der Waals surface area contributed by atoms with Crippen LogP contribution in [-0.4, -0.2) is 18.9 Å². The van der Waals surface area contributed by atoms with E-state index in [-0.39, 0.29) is 5.41 Å². The van der Waals surface area contributed by atoms with Gasteiger partial charge in [0, 0.05) is 24.3 Å². The summed E-state index contributed by atoms with van der Waals surface area (Å²) in [6.07, 6.45) is 3.32. The van der Waals surface area contributed by atoms with Crippen LogP contribution < -0.4 is 4.90 Å². The van der Waals surface area contributed by atoms with Gasteiger partial charge in [-0.1, -0.05) is 18.6 Å². The Labute approximate surface area is 96.3 Å². The van der Waals surface area contributed by atoms with Gasteiger partial charge in [0.2, 0.25) is 0 Å². The highest BCUT2D eigenvalue weighted by atomic mass is 16.1. The van der Waals surface area contributed by atoms with Crippen LogP contribution in [0.2, 0.25) is 0 Å². The number of anilines is 1. The van der Waals surface area contributed by atoms with Crippen LogP contribution in [0.1, 0.15) is 36.5 Å². The van der Waals surface area contributed by atoms with E-state index in [4.69, 9.17) is 0 Å². The van der Waals surface area contributed by atoms with Gasteiger partial charge < -0.3 is 4.90 Å². The summed E-state index contributed by atoms with van der Waals surface area (Å²) < 4.78 is 0. The average Bonchev–Trinajstić information content (AvgIpc) is 2.25. The molecule has 16 heavy (non-hydrogen) atoms. The van der Waals surface area contributed by atoms with E-state index in [1.807, 2.05) is 18.2 Å². The fraction of sp³-hybridized carbons (Fsp3) is 0.500. The van der Waals surface area contributed by atoms with Gasteiger partial charge in [0.05, 0.1) is 5.41 Å². The molecule has 2 nitrogen and oxygen atoms in total. The lowest BCUT2D eigenvalue weighted by molar-refractivity contribution is 0.0507. The van der Waals surface area contributed by atoms with E-state index in [0.29, 0.717) is 11.8 Å². The Bertz CT molecular complexity index is 448. The first-order valence-corrected chi connectivity index (χ1v) is 6.03. The highest BCUT2D eigenvalue weighted by molar-refractivity contribution is 6.08. The number of hydrogen-bond acceptors (Lipinski definition) is 2. The molecule has 2 heteroatoms. The fourth-order valence-corrected chi connectivity index (χ4v) is 3.21. The number of Topliss-reactive ketones (excluding diaryl/α,β-unsaturated/α-hetero) is 1. The number of hydrogen-bond donors (Lipinski definition) is 0. The first-order valence-electron chi connectivity index (χ1n) is 6.03. The lowest BCUT2D eigenvalue weighted by Crippen LogP contribution is -2.56. The Hall–Kier alpha value is -1.31. The average molecular weight is 215 g/mol. The van der Waals surface area contributed by atoms with E-state index in [1.165, 1.54) is 6.42 Å². The summed E-state index contributed by atoms with van der Waals surface area (Å²) in [5.41, 5.74) is 1.93. The molecule has 0 saturated heterocycles. The van der Waals surface area contributed by atoms with Crippen molar-refractivity contribution < 1.29 is 4.79 Å². The predicted molar refractivity (Wildman–Crippen MR) is 64.9 cm³/mol. The molecule has 0 aromatic heterocycles. The largest absolute Gasteiger partial charge is 0.370 e. The highest BCUT2D eigenvalue weighted by Crippen LogP contribution is 2.52. The lowest BCUT2D eigenvalue weighted by Gasteiger charge is -2.52. The quantitative estimate of drug-likeness (QED) is 0.663. The van der Waals surface area contributed by atoms with Crippen LogP contribution >= 0.6 is 0 Å². The van der Waals surface area contributed by atoms with Crippen molar-refractivity contribution in [3.8, 4) is 0 Å². The number of carbonyl (C=O) groups is 1. The Balaban J connectivity index is 2.16. The molecule has 1 spiro atoms. The number of benzene rings is 1. The van der Waals surface area contributed by atoms with Gasteiger partial charge in [0.1, 0.15) is 0 Å². The maximum atomic E-state index is 12.6. The lowest BCUT2D eigenvalue weighted by atomic mass is 9.58. The zero-order valence-corrected chi connectivity index (χ0v) is 9.86. The van der Waals surface area contributed by atoms with E-state index in [0.717, 1.165) is 24.1 Å². The second-order valence-electron chi connectivity index (χ2n) is 5.14. The maximum absolute atomic E-state index is 12.6. The summed E-state index contributed by atoms with van der Waals surface area (Å²) in [6, 6.07) is 8.33. The van der Waals surface area contributed by atoms with Gasteiger partial charge in [0.25, 0.3) is 0 Å². The zero-order chi connectivity index (χ0) is 11.3. The molecule has 1 unspecified atom stereocenters. The minimum absolute atomic E-state index is 0.0803. The minimum Gasteiger partial charge on any atom is -0.370 e. The van der Waals surface area contributed by atoms with Gasteiger partial charge in [-0.15, -0.1) is 0 Å². The van der Waals surface area contributed by atoms with Crippen molar-refractivity contribution in [3.63, 3.8) is 0 Å². The number of para-hydroxylation sites is 1. The van der Waals surface area contributed by atoms with Crippen molar-refractivity contribution in [1.82, 2.24) is 0 Å². The fourth-order valence-electron chi connectivity index (χ4n) is 3.21. The molecule has 84 valence electrons. The SMILES string of the molecule is CC1N(C)c2ccccc2C(=O)C12CCC2. The molecule has 1 fully saturated rings. The summed E-state index contributed by atoms with van der Waals surface area (Å²) in [7, 11) is 2.11. The van der Waals surface area contributed by atoms with Crippen molar-refractivity contribution >= 4 is 11.5 Å². The molecule has 3 rings (SSSR count). The highest BCUT2D eigenvalue weighted by Gasteiger charge is 2.53. The van der Waals surface area contributed by atoms with Crippen LogP contribution in [0, 0.1) is 5.41 Å². The molecular weight excluding hydrogens is 198 g/mol. The van der Waals surface area contributed by atoms with E-state index in [9.17, 15) is 4.79 Å². The van der Waals surface area contributed by atoms with Crippen LogP contribution in [0.15, 0.2) is 24.3 Å². The van der Waals surface area contributed by atoms with Crippen molar-refractivity contribution in [1.29, 1.82) is 0 Å². The van der Waals surface area contributed by atoms with Gasteiger partial charge in [-0.25, -0.2) is 0 Å². The Morgan fingerprint density at radius 3 is 2.62 bits per heavy atom. The summed E-state index contributed by atoms with van der Waals surface area (Å²) >= 11 is 0. The van der Waals surface area contributed by atoms with E-state index < -0.39 is 0 Å². The molecule has 1 saturated carbocycles. The molecule has 1 atom stereocenters. The smallest absolute Gasteiger partial charge is 0.173 e. The summed E-state index contributed by atoms with van der Waals surface area (Å²) in [5, 5.41) is 0. The summed E-state index contributed by atoms with van der Waals surface area (Å²) in [5.74, 6) is 0.375. The van der Waals surface area contributed by atoms with E-state index in [2.05, 4.69) is 24.9 Å². The molecule has 1 aromatic rings. The maximum Gasteiger partial charge on any atom is 0.173 e. The monoisotopic (exact) mass is 215 g/mol. The molecule has 1 aliphatic carbocycles. The van der Waals surface area contributed by atoms with Crippen molar-refractivity contribution in [2.24, 2.45) is 5.41 Å². The third kappa shape index (κ3) is 0.998. The van der Waals surface area contributed by atoms with Gasteiger partial charge >= 0.3 is 0 Å². The van der Waals surface area contributed by atoms with Crippen molar-refractivity contribution in [2.45, 2.75) is 32.2 Å².